The molecule has 2 heterocycles. The number of hydrogen-bond donors (Lipinski definition) is 2. The molecule has 138 valence electrons. The topological polar surface area (TPSA) is 98.2 Å². The van der Waals surface area contributed by atoms with E-state index in [2.05, 4.69) is 10.5 Å². The molecule has 0 radical (unpaired) electrons. The van der Waals surface area contributed by atoms with E-state index in [9.17, 15) is 9.59 Å². The molecule has 2 aromatic heterocycles. The number of nitrogens with two attached hydrogens (primary N) is 1. The average Bonchev–Trinajstić information content (AvgIpc) is 3.27. The van der Waals surface area contributed by atoms with Crippen LogP contribution in [0.25, 0.3) is 0 Å². The fourth-order valence-corrected chi connectivity index (χ4v) is 4.94. The van der Waals surface area contributed by atoms with Crippen LogP contribution in [0.5, 0.6) is 0 Å². The summed E-state index contributed by atoms with van der Waals surface area (Å²) in [5.74, 6) is 0.420. The van der Waals surface area contributed by atoms with Gasteiger partial charge in [-0.2, -0.15) is 0 Å². The molecule has 3 N–H and O–H groups in total. The fraction of sp³-hybridized carbons (Fsp3) is 0.526. The number of nitrogens with zero attached hydrogens (tertiary/aromatic N) is 1. The molecule has 2 saturated carbocycles. The van der Waals surface area contributed by atoms with Crippen LogP contribution in [0, 0.1) is 6.92 Å². The fourth-order valence-electron chi connectivity index (χ4n) is 3.90. The number of thiophene rings is 1. The summed E-state index contributed by atoms with van der Waals surface area (Å²) in [6.45, 7) is 1.74. The molecular weight excluding hydrogens is 350 g/mol. The first kappa shape index (κ1) is 17.3. The van der Waals surface area contributed by atoms with E-state index in [4.69, 9.17) is 10.3 Å². The Labute approximate surface area is 156 Å². The minimum absolute atomic E-state index is 0.273. The summed E-state index contributed by atoms with van der Waals surface area (Å²) in [4.78, 5) is 25.0. The second-order valence-electron chi connectivity index (χ2n) is 7.32. The Bertz CT molecular complexity index is 844. The van der Waals surface area contributed by atoms with E-state index in [1.54, 1.807) is 6.92 Å². The Kier molecular flexibility index (Phi) is 4.56. The van der Waals surface area contributed by atoms with Gasteiger partial charge < -0.3 is 15.6 Å². The number of aromatic nitrogens is 1. The second kappa shape index (κ2) is 6.87. The van der Waals surface area contributed by atoms with E-state index < -0.39 is 5.91 Å². The molecule has 4 rings (SSSR count). The zero-order valence-electron chi connectivity index (χ0n) is 14.8. The number of aryl methyl sites for hydroxylation is 1. The molecule has 0 unspecified atom stereocenters. The van der Waals surface area contributed by atoms with Crippen molar-refractivity contribution in [1.82, 2.24) is 5.16 Å². The van der Waals surface area contributed by atoms with Crippen LogP contribution in [0.1, 0.15) is 94.5 Å². The number of hydrogen-bond acceptors (Lipinski definition) is 5. The van der Waals surface area contributed by atoms with Crippen LogP contribution in [0.2, 0.25) is 0 Å². The minimum Gasteiger partial charge on any atom is -0.365 e. The molecule has 0 spiro atoms. The normalized spacial score (nSPS) is 18.0. The zero-order chi connectivity index (χ0) is 18.3. The highest BCUT2D eigenvalue weighted by molar-refractivity contribution is 7.15. The molecule has 26 heavy (non-hydrogen) atoms. The maximum atomic E-state index is 12.9. The largest absolute Gasteiger partial charge is 0.365 e. The van der Waals surface area contributed by atoms with Gasteiger partial charge in [0.05, 0.1) is 11.3 Å². The van der Waals surface area contributed by atoms with Crippen LogP contribution in [0.4, 0.5) is 5.00 Å². The van der Waals surface area contributed by atoms with Crippen LogP contribution >= 0.6 is 11.3 Å². The lowest BCUT2D eigenvalue weighted by atomic mass is 9.83. The van der Waals surface area contributed by atoms with Crippen molar-refractivity contribution in [3.63, 3.8) is 0 Å². The van der Waals surface area contributed by atoms with Crippen LogP contribution in [-0.4, -0.2) is 17.0 Å². The van der Waals surface area contributed by atoms with E-state index in [0.717, 1.165) is 36.9 Å². The Balaban J connectivity index is 1.62. The number of carbonyl (C=O) groups excluding carboxylic acids is 2. The van der Waals surface area contributed by atoms with E-state index in [0.29, 0.717) is 33.7 Å². The highest BCUT2D eigenvalue weighted by atomic mass is 32.1. The molecule has 7 heteroatoms. The summed E-state index contributed by atoms with van der Waals surface area (Å²) in [7, 11) is 0. The van der Waals surface area contributed by atoms with Gasteiger partial charge in [-0.1, -0.05) is 24.4 Å². The minimum atomic E-state index is -0.480. The average molecular weight is 373 g/mol. The van der Waals surface area contributed by atoms with Crippen molar-refractivity contribution in [2.75, 3.05) is 5.32 Å². The molecule has 2 aliphatic rings. The molecule has 2 aliphatic carbocycles. The number of carbonyl (C=O) groups is 2. The summed E-state index contributed by atoms with van der Waals surface area (Å²) < 4.78 is 5.23. The summed E-state index contributed by atoms with van der Waals surface area (Å²) >= 11 is 1.38. The lowest BCUT2D eigenvalue weighted by Crippen LogP contribution is -2.20. The summed E-state index contributed by atoms with van der Waals surface area (Å²) in [5.41, 5.74) is 8.34. The van der Waals surface area contributed by atoms with Crippen molar-refractivity contribution in [1.29, 1.82) is 0 Å². The first-order valence-corrected chi connectivity index (χ1v) is 10.1. The molecule has 0 aromatic carbocycles. The Morgan fingerprint density at radius 2 is 1.88 bits per heavy atom. The maximum Gasteiger partial charge on any atom is 0.261 e. The second-order valence-corrected chi connectivity index (χ2v) is 8.20. The first-order chi connectivity index (χ1) is 12.6. The highest BCUT2D eigenvalue weighted by Crippen LogP contribution is 2.43. The molecule has 2 amide bonds. The van der Waals surface area contributed by atoms with Gasteiger partial charge in [0.25, 0.3) is 11.8 Å². The number of nitrogens with one attached hydrogen (secondary N) is 1. The van der Waals surface area contributed by atoms with Gasteiger partial charge in [-0.15, -0.1) is 11.3 Å². The van der Waals surface area contributed by atoms with Crippen LogP contribution < -0.4 is 11.1 Å². The standard InChI is InChI=1S/C19H23N3O3S/c1-10-14(16(22-25-10)12-7-8-12)18(24)21-19-15(17(20)23)13(9-26-19)11-5-3-2-4-6-11/h9,11-12H,2-8H2,1H3,(H2,20,23)(H,21,24). The predicted molar refractivity (Wildman–Crippen MR) is 99.8 cm³/mol. The zero-order valence-corrected chi connectivity index (χ0v) is 15.7. The van der Waals surface area contributed by atoms with E-state index >= 15 is 0 Å². The third kappa shape index (κ3) is 3.16. The Morgan fingerprint density at radius 1 is 1.15 bits per heavy atom. The number of amides is 2. The van der Waals surface area contributed by atoms with Crippen molar-refractivity contribution in [2.24, 2.45) is 5.73 Å². The lowest BCUT2D eigenvalue weighted by Gasteiger charge is -2.21. The SMILES string of the molecule is Cc1onc(C2CC2)c1C(=O)Nc1scc(C2CCCCC2)c1C(N)=O. The monoisotopic (exact) mass is 373 g/mol. The number of anilines is 1. The number of primary amides is 1. The quantitative estimate of drug-likeness (QED) is 0.815. The van der Waals surface area contributed by atoms with Gasteiger partial charge in [-0.25, -0.2) is 0 Å². The van der Waals surface area contributed by atoms with E-state index in [1.165, 1.54) is 30.6 Å². The smallest absolute Gasteiger partial charge is 0.261 e. The van der Waals surface area contributed by atoms with Crippen molar-refractivity contribution in [3.8, 4) is 0 Å². The van der Waals surface area contributed by atoms with Crippen LogP contribution in [0.3, 0.4) is 0 Å². The number of rotatable bonds is 5. The van der Waals surface area contributed by atoms with E-state index in [1.807, 2.05) is 5.38 Å². The van der Waals surface area contributed by atoms with Gasteiger partial charge in [0.2, 0.25) is 0 Å². The van der Waals surface area contributed by atoms with Crippen LogP contribution in [0.15, 0.2) is 9.90 Å². The van der Waals surface area contributed by atoms with Crippen molar-refractivity contribution < 1.29 is 14.1 Å². The van der Waals surface area contributed by atoms with Gasteiger partial charge in [0.1, 0.15) is 16.3 Å². The molecular formula is C19H23N3O3S. The van der Waals surface area contributed by atoms with Gasteiger partial charge in [0, 0.05) is 5.92 Å². The molecule has 2 aromatic rings. The first-order valence-electron chi connectivity index (χ1n) is 9.25. The predicted octanol–water partition coefficient (Wildman–Crippen LogP) is 4.32. The highest BCUT2D eigenvalue weighted by Gasteiger charge is 2.34. The van der Waals surface area contributed by atoms with E-state index in [-0.39, 0.29) is 5.91 Å². The summed E-state index contributed by atoms with van der Waals surface area (Å²) in [5, 5.41) is 9.46. The van der Waals surface area contributed by atoms with Gasteiger partial charge in [0.15, 0.2) is 0 Å². The molecule has 0 bridgehead atoms. The van der Waals surface area contributed by atoms with Gasteiger partial charge >= 0.3 is 0 Å². The lowest BCUT2D eigenvalue weighted by molar-refractivity contribution is 0.1000. The molecule has 0 saturated heterocycles. The molecule has 2 fully saturated rings. The third-order valence-electron chi connectivity index (χ3n) is 5.42. The molecule has 6 nitrogen and oxygen atoms in total. The summed E-state index contributed by atoms with van der Waals surface area (Å²) in [6.07, 6.45) is 7.79. The van der Waals surface area contributed by atoms with Gasteiger partial charge in [-0.3, -0.25) is 9.59 Å². The maximum absolute atomic E-state index is 12.9. The van der Waals surface area contributed by atoms with Crippen LogP contribution in [-0.2, 0) is 0 Å². The molecule has 0 aliphatic heterocycles. The van der Waals surface area contributed by atoms with Gasteiger partial charge in [-0.05, 0) is 49.5 Å². The van der Waals surface area contributed by atoms with Crippen molar-refractivity contribution >= 4 is 28.2 Å². The molecule has 0 atom stereocenters. The summed E-state index contributed by atoms with van der Waals surface area (Å²) in [6, 6.07) is 0. The Hall–Kier alpha value is -2.15. The Morgan fingerprint density at radius 3 is 2.54 bits per heavy atom. The third-order valence-corrected chi connectivity index (χ3v) is 6.33. The van der Waals surface area contributed by atoms with Crippen molar-refractivity contribution in [3.05, 3.63) is 33.5 Å². The van der Waals surface area contributed by atoms with Crippen molar-refractivity contribution in [2.45, 2.75) is 63.7 Å².